The molecule has 0 saturated carbocycles. The van der Waals surface area contributed by atoms with Crippen molar-refractivity contribution in [3.05, 3.63) is 23.8 Å². The van der Waals surface area contributed by atoms with Crippen LogP contribution in [0, 0.1) is 0 Å². The van der Waals surface area contributed by atoms with Crippen molar-refractivity contribution in [1.29, 1.82) is 0 Å². The molecule has 2 rings (SSSR count). The van der Waals surface area contributed by atoms with Gasteiger partial charge in [-0.3, -0.25) is 0 Å². The Kier molecular flexibility index (Phi) is 5.40. The third kappa shape index (κ3) is 3.35. The minimum atomic E-state index is -3.44. The fourth-order valence-corrected chi connectivity index (χ4v) is 2.88. The van der Waals surface area contributed by atoms with Gasteiger partial charge < -0.3 is 10.5 Å². The highest BCUT2D eigenvalue weighted by Gasteiger charge is 2.17. The molecule has 1 heterocycles. The van der Waals surface area contributed by atoms with E-state index in [0.29, 0.717) is 6.61 Å². The topological polar surface area (TPSA) is 81.4 Å². The normalized spacial score (nSPS) is 14.3. The third-order valence-electron chi connectivity index (χ3n) is 2.63. The molecule has 0 atom stereocenters. The number of fused-ring (bicyclic) bond motifs is 1. The molecule has 3 N–H and O–H groups in total. The van der Waals surface area contributed by atoms with E-state index in [1.54, 1.807) is 18.2 Å². The van der Waals surface area contributed by atoms with Gasteiger partial charge in [0, 0.05) is 13.1 Å². The van der Waals surface area contributed by atoms with Crippen molar-refractivity contribution in [2.75, 3.05) is 19.7 Å². The molecular weight excluding hydrogens is 276 g/mol. The molecular formula is C11H17ClN2O3S. The second-order valence-electron chi connectivity index (χ2n) is 3.91. The summed E-state index contributed by atoms with van der Waals surface area (Å²) in [5.41, 5.74) is 6.23. The number of aryl methyl sites for hydroxylation is 1. The lowest BCUT2D eigenvalue weighted by atomic mass is 10.1. The van der Waals surface area contributed by atoms with Crippen molar-refractivity contribution < 1.29 is 13.2 Å². The summed E-state index contributed by atoms with van der Waals surface area (Å²) in [7, 11) is -3.44. The smallest absolute Gasteiger partial charge is 0.240 e. The maximum absolute atomic E-state index is 11.9. The molecule has 1 aliphatic rings. The van der Waals surface area contributed by atoms with E-state index in [9.17, 15) is 8.42 Å². The van der Waals surface area contributed by atoms with Crippen LogP contribution in [0.3, 0.4) is 0 Å². The minimum absolute atomic E-state index is 0. The molecule has 0 fully saturated rings. The van der Waals surface area contributed by atoms with Crippen LogP contribution in [0.4, 0.5) is 0 Å². The lowest BCUT2D eigenvalue weighted by Crippen LogP contribution is -2.29. The SMILES string of the molecule is Cl.NCCNS(=O)(=O)c1ccc2c(c1)CCCO2. The predicted octanol–water partition coefficient (Wildman–Crippen LogP) is 0.670. The van der Waals surface area contributed by atoms with Crippen molar-refractivity contribution in [1.82, 2.24) is 4.72 Å². The number of ether oxygens (including phenoxy) is 1. The van der Waals surface area contributed by atoms with Gasteiger partial charge in [-0.2, -0.15) is 0 Å². The lowest BCUT2D eigenvalue weighted by molar-refractivity contribution is 0.288. The van der Waals surface area contributed by atoms with E-state index in [2.05, 4.69) is 4.72 Å². The Labute approximate surface area is 113 Å². The van der Waals surface area contributed by atoms with Gasteiger partial charge in [-0.1, -0.05) is 0 Å². The average Bonchev–Trinajstić information content (AvgIpc) is 2.36. The molecule has 0 unspecified atom stereocenters. The first kappa shape index (κ1) is 15.2. The van der Waals surface area contributed by atoms with Crippen molar-refractivity contribution in [2.45, 2.75) is 17.7 Å². The lowest BCUT2D eigenvalue weighted by Gasteiger charge is -2.17. The number of rotatable bonds is 4. The van der Waals surface area contributed by atoms with Crippen LogP contribution < -0.4 is 15.2 Å². The average molecular weight is 293 g/mol. The molecule has 1 aliphatic heterocycles. The van der Waals surface area contributed by atoms with Crippen molar-refractivity contribution in [3.63, 3.8) is 0 Å². The number of hydrogen-bond acceptors (Lipinski definition) is 4. The summed E-state index contributed by atoms with van der Waals surface area (Å²) >= 11 is 0. The standard InChI is InChI=1S/C11H16N2O3S.ClH/c12-5-6-13-17(14,15)10-3-4-11-9(8-10)2-1-7-16-11;/h3-4,8,13H,1-2,5-7,12H2;1H. The molecule has 0 bridgehead atoms. The zero-order valence-corrected chi connectivity index (χ0v) is 11.5. The minimum Gasteiger partial charge on any atom is -0.493 e. The van der Waals surface area contributed by atoms with E-state index in [1.165, 1.54) is 0 Å². The van der Waals surface area contributed by atoms with Gasteiger partial charge in [0.05, 0.1) is 11.5 Å². The number of halogens is 1. The first-order valence-electron chi connectivity index (χ1n) is 5.59. The van der Waals surface area contributed by atoms with Gasteiger partial charge in [-0.05, 0) is 36.6 Å². The molecule has 0 amide bonds. The molecule has 1 aromatic carbocycles. The molecule has 1 aromatic rings. The van der Waals surface area contributed by atoms with Crippen LogP contribution in [-0.4, -0.2) is 28.1 Å². The summed E-state index contributed by atoms with van der Waals surface area (Å²) in [6, 6.07) is 4.95. The summed E-state index contributed by atoms with van der Waals surface area (Å²) in [5, 5.41) is 0. The van der Waals surface area contributed by atoms with Crippen LogP contribution in [0.2, 0.25) is 0 Å². The Morgan fingerprint density at radius 1 is 1.39 bits per heavy atom. The molecule has 0 aliphatic carbocycles. The maximum Gasteiger partial charge on any atom is 0.240 e. The van der Waals surface area contributed by atoms with E-state index >= 15 is 0 Å². The first-order chi connectivity index (χ1) is 8.13. The summed E-state index contributed by atoms with van der Waals surface area (Å²) in [6.45, 7) is 1.23. The molecule has 102 valence electrons. The fraction of sp³-hybridized carbons (Fsp3) is 0.455. The van der Waals surface area contributed by atoms with E-state index in [-0.39, 0.29) is 30.4 Å². The summed E-state index contributed by atoms with van der Waals surface area (Å²) in [5.74, 6) is 0.786. The van der Waals surface area contributed by atoms with Gasteiger partial charge >= 0.3 is 0 Å². The van der Waals surface area contributed by atoms with Crippen molar-refractivity contribution >= 4 is 22.4 Å². The van der Waals surface area contributed by atoms with Gasteiger partial charge in [0.1, 0.15) is 5.75 Å². The van der Waals surface area contributed by atoms with Crippen LogP contribution in [0.15, 0.2) is 23.1 Å². The van der Waals surface area contributed by atoms with E-state index in [4.69, 9.17) is 10.5 Å². The van der Waals surface area contributed by atoms with Crippen LogP contribution in [0.5, 0.6) is 5.75 Å². The van der Waals surface area contributed by atoms with Crippen LogP contribution in [-0.2, 0) is 16.4 Å². The number of sulfonamides is 1. The van der Waals surface area contributed by atoms with Crippen LogP contribution in [0.25, 0.3) is 0 Å². The number of hydrogen-bond donors (Lipinski definition) is 2. The van der Waals surface area contributed by atoms with Crippen molar-refractivity contribution in [2.24, 2.45) is 5.73 Å². The Balaban J connectivity index is 0.00000162. The molecule has 0 saturated heterocycles. The van der Waals surface area contributed by atoms with Crippen LogP contribution >= 0.6 is 12.4 Å². The number of benzene rings is 1. The molecule has 0 aromatic heterocycles. The highest BCUT2D eigenvalue weighted by Crippen LogP contribution is 2.27. The Bertz CT molecular complexity index is 505. The Morgan fingerprint density at radius 2 is 2.17 bits per heavy atom. The monoisotopic (exact) mass is 292 g/mol. The fourth-order valence-electron chi connectivity index (χ4n) is 1.78. The Hall–Kier alpha value is -0.820. The van der Waals surface area contributed by atoms with E-state index in [1.807, 2.05) is 0 Å². The van der Waals surface area contributed by atoms with E-state index < -0.39 is 10.0 Å². The van der Waals surface area contributed by atoms with Gasteiger partial charge in [0.2, 0.25) is 10.0 Å². The largest absolute Gasteiger partial charge is 0.493 e. The molecule has 5 nitrogen and oxygen atoms in total. The second kappa shape index (κ2) is 6.38. The molecule has 0 radical (unpaired) electrons. The zero-order chi connectivity index (χ0) is 12.3. The highest BCUT2D eigenvalue weighted by molar-refractivity contribution is 7.89. The zero-order valence-electron chi connectivity index (χ0n) is 9.89. The maximum atomic E-state index is 11.9. The van der Waals surface area contributed by atoms with Gasteiger partial charge in [0.15, 0.2) is 0 Å². The van der Waals surface area contributed by atoms with Gasteiger partial charge in [-0.25, -0.2) is 13.1 Å². The second-order valence-corrected chi connectivity index (χ2v) is 5.67. The molecule has 7 heteroatoms. The number of nitrogens with two attached hydrogens (primary N) is 1. The van der Waals surface area contributed by atoms with Gasteiger partial charge in [0.25, 0.3) is 0 Å². The molecule has 0 spiro atoms. The first-order valence-corrected chi connectivity index (χ1v) is 7.07. The predicted molar refractivity (Wildman–Crippen MR) is 71.7 cm³/mol. The third-order valence-corrected chi connectivity index (χ3v) is 4.09. The summed E-state index contributed by atoms with van der Waals surface area (Å²) < 4.78 is 31.6. The van der Waals surface area contributed by atoms with Crippen molar-refractivity contribution in [3.8, 4) is 5.75 Å². The van der Waals surface area contributed by atoms with Crippen LogP contribution in [0.1, 0.15) is 12.0 Å². The quantitative estimate of drug-likeness (QED) is 0.855. The highest BCUT2D eigenvalue weighted by atomic mass is 35.5. The molecule has 18 heavy (non-hydrogen) atoms. The van der Waals surface area contributed by atoms with Gasteiger partial charge in [-0.15, -0.1) is 12.4 Å². The summed E-state index contributed by atoms with van der Waals surface area (Å²) in [6.07, 6.45) is 1.78. The summed E-state index contributed by atoms with van der Waals surface area (Å²) in [4.78, 5) is 0.273. The number of nitrogens with one attached hydrogen (secondary N) is 1. The van der Waals surface area contributed by atoms with E-state index in [0.717, 1.165) is 24.2 Å². The Morgan fingerprint density at radius 3 is 2.89 bits per heavy atom.